The molecule has 0 aromatic carbocycles. The largest absolute Gasteiger partial charge is 0.337 e. The van der Waals surface area contributed by atoms with Gasteiger partial charge in [0.2, 0.25) is 5.95 Å². The molecule has 0 saturated carbocycles. The van der Waals surface area contributed by atoms with E-state index in [0.29, 0.717) is 30.2 Å². The first-order valence-corrected chi connectivity index (χ1v) is 13.2. The maximum atomic E-state index is 4.54. The molecule has 0 aliphatic carbocycles. The highest BCUT2D eigenvalue weighted by molar-refractivity contribution is 5.37. The summed E-state index contributed by atoms with van der Waals surface area (Å²) in [5.74, 6) is 2.09. The van der Waals surface area contributed by atoms with Crippen LogP contribution >= 0.6 is 0 Å². The molecule has 5 heterocycles. The number of likely N-dealkylation sites (tertiary alicyclic amines) is 1. The molecule has 8 nitrogen and oxygen atoms in total. The second-order valence-corrected chi connectivity index (χ2v) is 10.8. The Kier molecular flexibility index (Phi) is 7.18. The number of rotatable bonds is 8. The zero-order valence-corrected chi connectivity index (χ0v) is 21.4. The van der Waals surface area contributed by atoms with Gasteiger partial charge in [-0.2, -0.15) is 0 Å². The van der Waals surface area contributed by atoms with Gasteiger partial charge >= 0.3 is 0 Å². The lowest BCUT2D eigenvalue weighted by Gasteiger charge is -2.44. The van der Waals surface area contributed by atoms with Crippen molar-refractivity contribution in [2.45, 2.75) is 83.2 Å². The number of imidazole rings is 1. The fourth-order valence-electron chi connectivity index (χ4n) is 6.28. The van der Waals surface area contributed by atoms with Gasteiger partial charge in [-0.3, -0.25) is 14.7 Å². The maximum absolute atomic E-state index is 4.54. The van der Waals surface area contributed by atoms with E-state index in [1.54, 1.807) is 0 Å². The molecule has 2 aromatic heterocycles. The molecule has 4 unspecified atom stereocenters. The molecular weight excluding hydrogens is 424 g/mol. The summed E-state index contributed by atoms with van der Waals surface area (Å²) in [5, 5.41) is 0. The second-order valence-electron chi connectivity index (χ2n) is 10.8. The molecule has 186 valence electrons. The number of fused-ring (bicyclic) bond motifs is 2. The summed E-state index contributed by atoms with van der Waals surface area (Å²) in [7, 11) is 2.09. The fourth-order valence-corrected chi connectivity index (χ4v) is 6.28. The van der Waals surface area contributed by atoms with Crippen molar-refractivity contribution in [3.05, 3.63) is 36.7 Å². The highest BCUT2D eigenvalue weighted by atomic mass is 15.4. The van der Waals surface area contributed by atoms with Crippen LogP contribution in [0.5, 0.6) is 0 Å². The Labute approximate surface area is 205 Å². The molecule has 3 aliphatic rings. The molecule has 0 N–H and O–H groups in total. The number of aromatic nitrogens is 4. The van der Waals surface area contributed by atoms with Crippen LogP contribution < -0.4 is 4.90 Å². The van der Waals surface area contributed by atoms with Crippen molar-refractivity contribution in [2.75, 3.05) is 37.6 Å². The summed E-state index contributed by atoms with van der Waals surface area (Å²) in [6.45, 7) is 13.9. The number of nitrogens with zero attached hydrogens (tertiary/aromatic N) is 8. The Hall–Kier alpha value is -2.03. The van der Waals surface area contributed by atoms with Crippen LogP contribution in [0.25, 0.3) is 0 Å². The fraction of sp³-hybridized carbons (Fsp3) is 0.731. The summed E-state index contributed by atoms with van der Waals surface area (Å²) in [5.41, 5.74) is 0. The normalized spacial score (nSPS) is 28.4. The number of hydrogen-bond acceptors (Lipinski definition) is 7. The topological polar surface area (TPSA) is 56.6 Å². The Bertz CT molecular complexity index is 903. The van der Waals surface area contributed by atoms with E-state index in [2.05, 4.69) is 66.9 Å². The third kappa shape index (κ3) is 4.99. The lowest BCUT2D eigenvalue weighted by Crippen LogP contribution is -2.57. The molecule has 2 aromatic rings. The summed E-state index contributed by atoms with van der Waals surface area (Å²) in [6, 6.07) is 4.87. The first-order valence-electron chi connectivity index (χ1n) is 13.2. The van der Waals surface area contributed by atoms with Crippen molar-refractivity contribution < 1.29 is 0 Å². The van der Waals surface area contributed by atoms with E-state index in [9.17, 15) is 0 Å². The van der Waals surface area contributed by atoms with E-state index in [1.807, 2.05) is 30.9 Å². The Morgan fingerprint density at radius 2 is 1.56 bits per heavy atom. The average molecular weight is 467 g/mol. The van der Waals surface area contributed by atoms with Crippen molar-refractivity contribution in [2.24, 2.45) is 7.05 Å². The molecule has 3 fully saturated rings. The van der Waals surface area contributed by atoms with Crippen molar-refractivity contribution in [1.82, 2.24) is 34.2 Å². The van der Waals surface area contributed by atoms with E-state index in [-0.39, 0.29) is 0 Å². The summed E-state index contributed by atoms with van der Waals surface area (Å²) < 4.78 is 2.14. The Balaban J connectivity index is 1.08. The molecule has 5 rings (SSSR count). The number of aryl methyl sites for hydroxylation is 1. The molecule has 34 heavy (non-hydrogen) atoms. The highest BCUT2D eigenvalue weighted by Crippen LogP contribution is 2.34. The highest BCUT2D eigenvalue weighted by Gasteiger charge is 2.42. The molecule has 0 amide bonds. The lowest BCUT2D eigenvalue weighted by atomic mass is 10.0. The lowest BCUT2D eigenvalue weighted by molar-refractivity contribution is 0.0471. The molecule has 0 radical (unpaired) electrons. The van der Waals surface area contributed by atoms with Crippen molar-refractivity contribution in [3.8, 4) is 0 Å². The van der Waals surface area contributed by atoms with E-state index < -0.39 is 0 Å². The van der Waals surface area contributed by atoms with Gasteiger partial charge < -0.3 is 9.47 Å². The quantitative estimate of drug-likeness (QED) is 0.593. The first-order chi connectivity index (χ1) is 16.5. The second kappa shape index (κ2) is 10.3. The van der Waals surface area contributed by atoms with Gasteiger partial charge in [0.15, 0.2) is 0 Å². The van der Waals surface area contributed by atoms with Crippen LogP contribution in [0.2, 0.25) is 0 Å². The third-order valence-electron chi connectivity index (χ3n) is 8.60. The smallest absolute Gasteiger partial charge is 0.225 e. The van der Waals surface area contributed by atoms with Gasteiger partial charge in [-0.15, -0.1) is 0 Å². The van der Waals surface area contributed by atoms with Crippen LogP contribution in [0, 0.1) is 0 Å². The van der Waals surface area contributed by atoms with E-state index in [0.717, 1.165) is 51.0 Å². The molecule has 0 spiro atoms. The summed E-state index contributed by atoms with van der Waals surface area (Å²) in [4.78, 5) is 24.1. The molecule has 3 aliphatic heterocycles. The predicted octanol–water partition coefficient (Wildman–Crippen LogP) is 2.63. The monoisotopic (exact) mass is 466 g/mol. The van der Waals surface area contributed by atoms with Crippen molar-refractivity contribution in [1.29, 1.82) is 0 Å². The van der Waals surface area contributed by atoms with Crippen molar-refractivity contribution >= 4 is 5.95 Å². The minimum atomic E-state index is 0.564. The van der Waals surface area contributed by atoms with Crippen LogP contribution in [-0.4, -0.2) is 97.2 Å². The Morgan fingerprint density at radius 1 is 0.882 bits per heavy atom. The van der Waals surface area contributed by atoms with Crippen LogP contribution in [0.4, 0.5) is 5.95 Å². The van der Waals surface area contributed by atoms with Gasteiger partial charge in [-0.25, -0.2) is 15.0 Å². The number of anilines is 1. The summed E-state index contributed by atoms with van der Waals surface area (Å²) in [6.07, 6.45) is 12.8. The minimum absolute atomic E-state index is 0.564. The van der Waals surface area contributed by atoms with Gasteiger partial charge in [0.05, 0.1) is 6.54 Å². The summed E-state index contributed by atoms with van der Waals surface area (Å²) >= 11 is 0. The van der Waals surface area contributed by atoms with Crippen LogP contribution in [0.3, 0.4) is 0 Å². The number of piperazine rings is 2. The van der Waals surface area contributed by atoms with E-state index >= 15 is 0 Å². The molecular formula is C26H42N8. The molecule has 3 saturated heterocycles. The van der Waals surface area contributed by atoms with Crippen molar-refractivity contribution in [3.63, 3.8) is 0 Å². The van der Waals surface area contributed by atoms with Gasteiger partial charge in [-0.1, -0.05) is 0 Å². The third-order valence-corrected chi connectivity index (χ3v) is 8.60. The molecule has 2 bridgehead atoms. The zero-order valence-electron chi connectivity index (χ0n) is 21.4. The zero-order chi connectivity index (χ0) is 23.7. The minimum Gasteiger partial charge on any atom is -0.337 e. The average Bonchev–Trinajstić information content (AvgIpc) is 3.37. The van der Waals surface area contributed by atoms with Crippen LogP contribution in [0.15, 0.2) is 30.9 Å². The van der Waals surface area contributed by atoms with Gasteiger partial charge in [0.1, 0.15) is 5.82 Å². The van der Waals surface area contributed by atoms with E-state index in [4.69, 9.17) is 0 Å². The first kappa shape index (κ1) is 23.7. The van der Waals surface area contributed by atoms with Gasteiger partial charge in [-0.05, 0) is 52.5 Å². The predicted molar refractivity (Wildman–Crippen MR) is 136 cm³/mol. The number of hydrogen-bond donors (Lipinski definition) is 0. The maximum Gasteiger partial charge on any atom is 0.225 e. The van der Waals surface area contributed by atoms with Gasteiger partial charge in [0, 0.05) is 94.8 Å². The van der Waals surface area contributed by atoms with Crippen LogP contribution in [-0.2, 0) is 13.6 Å². The van der Waals surface area contributed by atoms with Gasteiger partial charge in [0.25, 0.3) is 0 Å². The Morgan fingerprint density at radius 3 is 2.18 bits per heavy atom. The standard InChI is InChI=1S/C26H42N8/c1-20(31-14-15-32(22(3)16-31)19-25-27-12-13-30(25)4)6-7-21(2)33-17-23-8-9-24(18-33)34(23)26-28-10-5-11-29-26/h5,10-13,20-24H,6-9,14-19H2,1-4H3/t20?,21?,22-,23?,24?/m1/s1. The SMILES string of the molecule is CC(CCC(C)N1CCN(Cc2nccn2C)[C@H](C)C1)N1CC2CCC(C1)N2c1ncccn1. The van der Waals surface area contributed by atoms with E-state index in [1.165, 1.54) is 25.7 Å². The van der Waals surface area contributed by atoms with Crippen LogP contribution in [0.1, 0.15) is 52.3 Å². The molecule has 5 atom stereocenters. The molecule has 8 heteroatoms.